The van der Waals surface area contributed by atoms with Gasteiger partial charge in [-0.25, -0.2) is 0 Å². The molecule has 1 unspecified atom stereocenters. The first kappa shape index (κ1) is 21.6. The van der Waals surface area contributed by atoms with Crippen molar-refractivity contribution in [1.29, 1.82) is 0 Å². The van der Waals surface area contributed by atoms with Crippen molar-refractivity contribution in [3.63, 3.8) is 0 Å². The molecule has 3 aromatic rings. The summed E-state index contributed by atoms with van der Waals surface area (Å²) in [6, 6.07) is 10.0. The summed E-state index contributed by atoms with van der Waals surface area (Å²) in [6.45, 7) is 10.9. The topological polar surface area (TPSA) is 104 Å². The number of nitrogens with zero attached hydrogens (tertiary/aromatic N) is 3. The number of aromatic nitrogens is 3. The molecule has 4 rings (SSSR count). The van der Waals surface area contributed by atoms with Gasteiger partial charge in [0.25, 0.3) is 5.89 Å². The van der Waals surface area contributed by atoms with E-state index in [-0.39, 0.29) is 5.89 Å². The molecular weight excluding hydrogens is 392 g/mol. The van der Waals surface area contributed by atoms with Gasteiger partial charge in [-0.1, -0.05) is 50.2 Å². The van der Waals surface area contributed by atoms with E-state index in [0.717, 1.165) is 5.56 Å². The summed E-state index contributed by atoms with van der Waals surface area (Å²) in [5.41, 5.74) is 0.443. The molecule has 1 aliphatic heterocycles. The van der Waals surface area contributed by atoms with E-state index >= 15 is 0 Å². The Morgan fingerprint density at radius 2 is 1.74 bits per heavy atom. The van der Waals surface area contributed by atoms with Crippen LogP contribution in [0.5, 0.6) is 0 Å². The maximum absolute atomic E-state index is 12.2. The molecule has 0 amide bonds. The second-order valence-electron chi connectivity index (χ2n) is 9.60. The molecule has 0 aliphatic carbocycles. The molecule has 1 saturated heterocycles. The van der Waals surface area contributed by atoms with Crippen LogP contribution in [0.4, 0.5) is 0 Å². The summed E-state index contributed by atoms with van der Waals surface area (Å²) in [5, 5.41) is 29.6. The number of hydrogen-bond donors (Lipinski definition) is 3. The Morgan fingerprint density at radius 1 is 1.06 bits per heavy atom. The third kappa shape index (κ3) is 3.67. The molecule has 0 saturated carbocycles. The highest BCUT2D eigenvalue weighted by Crippen LogP contribution is 2.48. The molecule has 3 N–H and O–H groups in total. The lowest BCUT2D eigenvalue weighted by molar-refractivity contribution is -0.0769. The van der Waals surface area contributed by atoms with Crippen LogP contribution in [-0.2, 0) is 11.2 Å². The van der Waals surface area contributed by atoms with Crippen molar-refractivity contribution in [1.82, 2.24) is 20.4 Å². The van der Waals surface area contributed by atoms with Gasteiger partial charge in [0.2, 0.25) is 5.82 Å². The standard InChI is InChI=1S/C24H30N4O3/c1-15(2)16-6-8-18(9-7-16)24(30,23(5)13-26-14-23)19-10-17(11-25-12-19)20-27-21(31-28-20)22(3,4)29/h6-12,15,26,29-30H,13-14H2,1-5H3. The van der Waals surface area contributed by atoms with Crippen molar-refractivity contribution in [3.05, 3.63) is 65.3 Å². The normalized spacial score (nSPS) is 17.9. The van der Waals surface area contributed by atoms with Crippen molar-refractivity contribution in [2.45, 2.75) is 51.7 Å². The number of hydrogen-bond acceptors (Lipinski definition) is 7. The lowest BCUT2D eigenvalue weighted by atomic mass is 9.63. The lowest BCUT2D eigenvalue weighted by Gasteiger charge is -2.52. The first-order valence-corrected chi connectivity index (χ1v) is 10.6. The molecule has 7 heteroatoms. The molecule has 1 fully saturated rings. The summed E-state index contributed by atoms with van der Waals surface area (Å²) in [6.07, 6.45) is 3.33. The molecule has 1 aliphatic rings. The van der Waals surface area contributed by atoms with Crippen LogP contribution in [0.25, 0.3) is 11.4 Å². The molecule has 164 valence electrons. The fraction of sp³-hybridized carbons (Fsp3) is 0.458. The van der Waals surface area contributed by atoms with Gasteiger partial charge in [0.15, 0.2) is 0 Å². The fourth-order valence-corrected chi connectivity index (χ4v) is 4.08. The zero-order chi connectivity index (χ0) is 22.4. The van der Waals surface area contributed by atoms with Crippen LogP contribution in [0.15, 0.2) is 47.2 Å². The molecule has 31 heavy (non-hydrogen) atoms. The Kier molecular flexibility index (Phi) is 5.24. The number of pyridine rings is 1. The number of rotatable bonds is 6. The molecule has 7 nitrogen and oxygen atoms in total. The predicted octanol–water partition coefficient (Wildman–Crippen LogP) is 3.33. The minimum atomic E-state index is -1.25. The van der Waals surface area contributed by atoms with E-state index in [1.807, 2.05) is 18.2 Å². The minimum absolute atomic E-state index is 0.127. The van der Waals surface area contributed by atoms with Crippen molar-refractivity contribution in [3.8, 4) is 11.4 Å². The highest BCUT2D eigenvalue weighted by molar-refractivity contribution is 5.56. The maximum Gasteiger partial charge on any atom is 0.258 e. The maximum atomic E-state index is 12.2. The Balaban J connectivity index is 1.80. The first-order valence-electron chi connectivity index (χ1n) is 10.6. The molecule has 0 spiro atoms. The van der Waals surface area contributed by atoms with Gasteiger partial charge in [0, 0.05) is 42.0 Å². The van der Waals surface area contributed by atoms with Crippen LogP contribution in [0, 0.1) is 5.41 Å². The third-order valence-electron chi connectivity index (χ3n) is 6.26. The van der Waals surface area contributed by atoms with E-state index in [9.17, 15) is 10.2 Å². The van der Waals surface area contributed by atoms with E-state index < -0.39 is 16.6 Å². The zero-order valence-corrected chi connectivity index (χ0v) is 18.7. The predicted molar refractivity (Wildman–Crippen MR) is 117 cm³/mol. The van der Waals surface area contributed by atoms with Crippen LogP contribution in [0.1, 0.15) is 63.1 Å². The van der Waals surface area contributed by atoms with Crippen LogP contribution >= 0.6 is 0 Å². The SMILES string of the molecule is CC(C)c1ccc(C(O)(c2cncc(-c3noc(C(C)(C)O)n3)c2)C2(C)CNC2)cc1. The Hall–Kier alpha value is -2.61. The zero-order valence-electron chi connectivity index (χ0n) is 18.7. The van der Waals surface area contributed by atoms with Gasteiger partial charge in [-0.3, -0.25) is 4.98 Å². The van der Waals surface area contributed by atoms with E-state index in [4.69, 9.17) is 4.52 Å². The fourth-order valence-electron chi connectivity index (χ4n) is 4.08. The summed E-state index contributed by atoms with van der Waals surface area (Å²) in [7, 11) is 0. The second-order valence-corrected chi connectivity index (χ2v) is 9.60. The second kappa shape index (κ2) is 7.51. The monoisotopic (exact) mass is 422 g/mol. The average molecular weight is 423 g/mol. The molecule has 2 aromatic heterocycles. The Labute approximate surface area is 182 Å². The van der Waals surface area contributed by atoms with Crippen molar-refractivity contribution in [2.75, 3.05) is 13.1 Å². The van der Waals surface area contributed by atoms with Crippen LogP contribution < -0.4 is 5.32 Å². The molecular formula is C24H30N4O3. The molecule has 0 bridgehead atoms. The average Bonchev–Trinajstić information content (AvgIpc) is 3.22. The van der Waals surface area contributed by atoms with Crippen LogP contribution in [0.3, 0.4) is 0 Å². The molecule has 1 atom stereocenters. The minimum Gasteiger partial charge on any atom is -0.381 e. The summed E-state index contributed by atoms with van der Waals surface area (Å²) in [5.74, 6) is 0.861. The van der Waals surface area contributed by atoms with E-state index in [1.165, 1.54) is 5.56 Å². The molecule has 1 aromatic carbocycles. The van der Waals surface area contributed by atoms with Crippen molar-refractivity contribution in [2.24, 2.45) is 5.41 Å². The number of nitrogens with one attached hydrogen (secondary N) is 1. The lowest BCUT2D eigenvalue weighted by Crippen LogP contribution is -2.63. The summed E-state index contributed by atoms with van der Waals surface area (Å²) < 4.78 is 5.22. The van der Waals surface area contributed by atoms with Gasteiger partial charge in [-0.2, -0.15) is 4.98 Å². The van der Waals surface area contributed by atoms with Gasteiger partial charge in [-0.05, 0) is 37.0 Å². The quantitative estimate of drug-likeness (QED) is 0.560. The van der Waals surface area contributed by atoms with E-state index in [0.29, 0.717) is 36.0 Å². The third-order valence-corrected chi connectivity index (χ3v) is 6.26. The van der Waals surface area contributed by atoms with Crippen molar-refractivity contribution < 1.29 is 14.7 Å². The molecule has 3 heterocycles. The van der Waals surface area contributed by atoms with Gasteiger partial charge in [0.05, 0.1) is 0 Å². The van der Waals surface area contributed by atoms with Gasteiger partial charge in [0.1, 0.15) is 11.2 Å². The Morgan fingerprint density at radius 3 is 2.26 bits per heavy atom. The van der Waals surface area contributed by atoms with Crippen LogP contribution in [-0.4, -0.2) is 38.4 Å². The smallest absolute Gasteiger partial charge is 0.258 e. The Bertz CT molecular complexity index is 1060. The van der Waals surface area contributed by atoms with Crippen LogP contribution in [0.2, 0.25) is 0 Å². The summed E-state index contributed by atoms with van der Waals surface area (Å²) >= 11 is 0. The van der Waals surface area contributed by atoms with Crippen molar-refractivity contribution >= 4 is 0 Å². The van der Waals surface area contributed by atoms with E-state index in [2.05, 4.69) is 53.3 Å². The number of benzene rings is 1. The summed E-state index contributed by atoms with van der Waals surface area (Å²) in [4.78, 5) is 8.69. The highest BCUT2D eigenvalue weighted by Gasteiger charge is 2.53. The number of aliphatic hydroxyl groups is 2. The van der Waals surface area contributed by atoms with Gasteiger partial charge < -0.3 is 20.1 Å². The largest absolute Gasteiger partial charge is 0.381 e. The van der Waals surface area contributed by atoms with Gasteiger partial charge >= 0.3 is 0 Å². The first-order chi connectivity index (χ1) is 14.5. The highest BCUT2D eigenvalue weighted by atomic mass is 16.5. The van der Waals surface area contributed by atoms with Gasteiger partial charge in [-0.15, -0.1) is 0 Å². The molecule has 0 radical (unpaired) electrons. The van der Waals surface area contributed by atoms with E-state index in [1.54, 1.807) is 26.2 Å².